The molecule has 0 unspecified atom stereocenters. The molecule has 3 aromatic rings. The molecule has 0 saturated carbocycles. The Balaban J connectivity index is 1.82. The smallest absolute Gasteiger partial charge is 0.120 e. The SMILES string of the molecule is COc1ccc(CC2(O)c3ccccc3-c3ccccc32)cc1. The maximum atomic E-state index is 11.5. The van der Waals surface area contributed by atoms with E-state index in [-0.39, 0.29) is 0 Å². The Labute approximate surface area is 136 Å². The maximum Gasteiger partial charge on any atom is 0.120 e. The Morgan fingerprint density at radius 3 is 1.83 bits per heavy atom. The zero-order chi connectivity index (χ0) is 15.9. The van der Waals surface area contributed by atoms with Gasteiger partial charge < -0.3 is 9.84 Å². The van der Waals surface area contributed by atoms with Crippen LogP contribution in [0, 0.1) is 0 Å². The predicted octanol–water partition coefficient (Wildman–Crippen LogP) is 4.15. The molecule has 114 valence electrons. The molecule has 4 rings (SSSR count). The van der Waals surface area contributed by atoms with E-state index in [0.717, 1.165) is 33.6 Å². The highest BCUT2D eigenvalue weighted by Gasteiger charge is 2.41. The molecular formula is C21H18O2. The monoisotopic (exact) mass is 302 g/mol. The zero-order valence-corrected chi connectivity index (χ0v) is 13.0. The molecule has 0 aliphatic heterocycles. The van der Waals surface area contributed by atoms with E-state index in [9.17, 15) is 5.11 Å². The first-order chi connectivity index (χ1) is 11.2. The highest BCUT2D eigenvalue weighted by molar-refractivity contribution is 5.80. The molecule has 0 aromatic heterocycles. The van der Waals surface area contributed by atoms with Crippen LogP contribution in [0.3, 0.4) is 0 Å². The summed E-state index contributed by atoms with van der Waals surface area (Å²) < 4.78 is 5.21. The number of aliphatic hydroxyl groups is 1. The van der Waals surface area contributed by atoms with Crippen LogP contribution >= 0.6 is 0 Å². The van der Waals surface area contributed by atoms with Crippen molar-refractivity contribution in [2.45, 2.75) is 12.0 Å². The molecule has 0 spiro atoms. The zero-order valence-electron chi connectivity index (χ0n) is 13.0. The second kappa shape index (κ2) is 5.25. The molecule has 0 bridgehead atoms. The van der Waals surface area contributed by atoms with Gasteiger partial charge in [0.05, 0.1) is 7.11 Å². The van der Waals surface area contributed by atoms with Crippen molar-refractivity contribution < 1.29 is 9.84 Å². The van der Waals surface area contributed by atoms with Crippen LogP contribution in [-0.4, -0.2) is 12.2 Å². The van der Waals surface area contributed by atoms with Gasteiger partial charge in [-0.3, -0.25) is 0 Å². The third-order valence-electron chi connectivity index (χ3n) is 4.65. The van der Waals surface area contributed by atoms with Gasteiger partial charge in [0.25, 0.3) is 0 Å². The summed E-state index contributed by atoms with van der Waals surface area (Å²) in [6.45, 7) is 0. The summed E-state index contributed by atoms with van der Waals surface area (Å²) in [6.07, 6.45) is 0.547. The minimum atomic E-state index is -0.984. The number of methoxy groups -OCH3 is 1. The third-order valence-corrected chi connectivity index (χ3v) is 4.65. The quantitative estimate of drug-likeness (QED) is 0.787. The molecule has 0 saturated heterocycles. The van der Waals surface area contributed by atoms with E-state index in [4.69, 9.17) is 4.74 Å². The fourth-order valence-electron chi connectivity index (χ4n) is 3.53. The largest absolute Gasteiger partial charge is 0.497 e. The van der Waals surface area contributed by atoms with E-state index >= 15 is 0 Å². The van der Waals surface area contributed by atoms with Crippen molar-refractivity contribution in [3.05, 3.63) is 89.5 Å². The van der Waals surface area contributed by atoms with Crippen molar-refractivity contribution in [1.29, 1.82) is 0 Å². The van der Waals surface area contributed by atoms with Crippen LogP contribution in [0.15, 0.2) is 72.8 Å². The predicted molar refractivity (Wildman–Crippen MR) is 91.6 cm³/mol. The van der Waals surface area contributed by atoms with Gasteiger partial charge in [0.1, 0.15) is 11.4 Å². The minimum absolute atomic E-state index is 0.547. The average molecular weight is 302 g/mol. The van der Waals surface area contributed by atoms with Crippen molar-refractivity contribution in [2.75, 3.05) is 7.11 Å². The van der Waals surface area contributed by atoms with Crippen LogP contribution < -0.4 is 4.74 Å². The third kappa shape index (κ3) is 2.14. The van der Waals surface area contributed by atoms with Crippen molar-refractivity contribution >= 4 is 0 Å². The molecule has 0 radical (unpaired) electrons. The van der Waals surface area contributed by atoms with E-state index in [0.29, 0.717) is 6.42 Å². The first kappa shape index (κ1) is 14.0. The van der Waals surface area contributed by atoms with Crippen molar-refractivity contribution in [2.24, 2.45) is 0 Å². The minimum Gasteiger partial charge on any atom is -0.497 e. The molecule has 2 heteroatoms. The Kier molecular flexibility index (Phi) is 3.21. The molecule has 1 aliphatic rings. The Morgan fingerprint density at radius 2 is 1.30 bits per heavy atom. The van der Waals surface area contributed by atoms with Gasteiger partial charge in [-0.25, -0.2) is 0 Å². The number of fused-ring (bicyclic) bond motifs is 3. The summed E-state index contributed by atoms with van der Waals surface area (Å²) in [5.41, 5.74) is 4.31. The lowest BCUT2D eigenvalue weighted by Gasteiger charge is -2.26. The summed E-state index contributed by atoms with van der Waals surface area (Å²) in [5, 5.41) is 11.5. The lowest BCUT2D eigenvalue weighted by Crippen LogP contribution is -2.27. The first-order valence-electron chi connectivity index (χ1n) is 7.77. The molecule has 1 N–H and O–H groups in total. The van der Waals surface area contributed by atoms with E-state index in [1.165, 1.54) is 0 Å². The number of hydrogen-bond donors (Lipinski definition) is 1. The standard InChI is InChI=1S/C21H18O2/c1-23-16-12-10-15(11-13-16)14-21(22)19-8-4-2-6-17(19)18-7-3-5-9-20(18)21/h2-13,22H,14H2,1H3. The second-order valence-corrected chi connectivity index (χ2v) is 5.98. The Bertz CT molecular complexity index is 804. The molecule has 0 atom stereocenters. The van der Waals surface area contributed by atoms with Crippen LogP contribution in [0.2, 0.25) is 0 Å². The first-order valence-corrected chi connectivity index (χ1v) is 7.77. The van der Waals surface area contributed by atoms with E-state index in [2.05, 4.69) is 12.1 Å². The van der Waals surface area contributed by atoms with Gasteiger partial charge in [-0.15, -0.1) is 0 Å². The van der Waals surface area contributed by atoms with Gasteiger partial charge in [-0.2, -0.15) is 0 Å². The molecule has 23 heavy (non-hydrogen) atoms. The van der Waals surface area contributed by atoms with Gasteiger partial charge in [-0.1, -0.05) is 60.7 Å². The highest BCUT2D eigenvalue weighted by atomic mass is 16.5. The molecule has 2 nitrogen and oxygen atoms in total. The number of rotatable bonds is 3. The van der Waals surface area contributed by atoms with Crippen LogP contribution in [0.4, 0.5) is 0 Å². The van der Waals surface area contributed by atoms with E-state index < -0.39 is 5.60 Å². The molecule has 3 aromatic carbocycles. The summed E-state index contributed by atoms with van der Waals surface area (Å²) in [6, 6.07) is 24.1. The number of hydrogen-bond acceptors (Lipinski definition) is 2. The van der Waals surface area contributed by atoms with Crippen molar-refractivity contribution in [3.63, 3.8) is 0 Å². The van der Waals surface area contributed by atoms with Crippen LogP contribution in [0.5, 0.6) is 5.75 Å². The Hall–Kier alpha value is -2.58. The van der Waals surface area contributed by atoms with E-state index in [1.807, 2.05) is 60.7 Å². The molecule has 0 amide bonds. The molecule has 0 heterocycles. The summed E-state index contributed by atoms with van der Waals surface area (Å²) in [4.78, 5) is 0. The molecule has 0 fully saturated rings. The summed E-state index contributed by atoms with van der Waals surface area (Å²) >= 11 is 0. The second-order valence-electron chi connectivity index (χ2n) is 5.98. The van der Waals surface area contributed by atoms with E-state index in [1.54, 1.807) is 7.11 Å². The maximum absolute atomic E-state index is 11.5. The topological polar surface area (TPSA) is 29.5 Å². The molecular weight excluding hydrogens is 284 g/mol. The summed E-state index contributed by atoms with van der Waals surface area (Å²) in [7, 11) is 1.66. The van der Waals surface area contributed by atoms with Gasteiger partial charge in [0.15, 0.2) is 0 Å². The summed E-state index contributed by atoms with van der Waals surface area (Å²) in [5.74, 6) is 0.827. The van der Waals surface area contributed by atoms with Gasteiger partial charge in [0.2, 0.25) is 0 Å². The fraction of sp³-hybridized carbons (Fsp3) is 0.143. The van der Waals surface area contributed by atoms with Crippen molar-refractivity contribution in [3.8, 4) is 16.9 Å². The fourth-order valence-corrected chi connectivity index (χ4v) is 3.53. The van der Waals surface area contributed by atoms with Gasteiger partial charge in [-0.05, 0) is 39.9 Å². The average Bonchev–Trinajstić information content (AvgIpc) is 2.86. The lowest BCUT2D eigenvalue weighted by atomic mass is 9.85. The number of benzene rings is 3. The molecule has 1 aliphatic carbocycles. The van der Waals surface area contributed by atoms with Crippen molar-refractivity contribution in [1.82, 2.24) is 0 Å². The number of ether oxygens (including phenoxy) is 1. The lowest BCUT2D eigenvalue weighted by molar-refractivity contribution is 0.0860. The highest BCUT2D eigenvalue weighted by Crippen LogP contribution is 2.48. The van der Waals surface area contributed by atoms with Gasteiger partial charge in [0, 0.05) is 6.42 Å². The Morgan fingerprint density at radius 1 is 0.783 bits per heavy atom. The van der Waals surface area contributed by atoms with Crippen LogP contribution in [0.25, 0.3) is 11.1 Å². The van der Waals surface area contributed by atoms with Crippen LogP contribution in [0.1, 0.15) is 16.7 Å². The van der Waals surface area contributed by atoms with Crippen LogP contribution in [-0.2, 0) is 12.0 Å². The van der Waals surface area contributed by atoms with Gasteiger partial charge >= 0.3 is 0 Å². The normalized spacial score (nSPS) is 14.2.